The third-order valence-corrected chi connectivity index (χ3v) is 5.77. The van der Waals surface area contributed by atoms with Crippen molar-refractivity contribution >= 4 is 45.1 Å². The molecule has 0 atom stereocenters. The minimum atomic E-state index is -0.324. The molecule has 5 heteroatoms. The highest BCUT2D eigenvalue weighted by atomic mass is 127. The molecule has 0 bridgehead atoms. The monoisotopic (exact) mass is 439 g/mol. The summed E-state index contributed by atoms with van der Waals surface area (Å²) in [5.74, 6) is -0.0130. The normalized spacial score (nSPS) is 11.2. The number of aromatic amines is 1. The molecule has 1 aromatic heterocycles. The fourth-order valence-electron chi connectivity index (χ4n) is 2.72. The van der Waals surface area contributed by atoms with E-state index in [9.17, 15) is 9.90 Å². The van der Waals surface area contributed by atoms with E-state index in [-0.39, 0.29) is 11.3 Å². The lowest BCUT2D eigenvalue weighted by Crippen LogP contribution is -2.10. The Morgan fingerprint density at radius 1 is 1.09 bits per heavy atom. The van der Waals surface area contributed by atoms with Crippen LogP contribution in [-0.2, 0) is 0 Å². The number of hydrogen-bond acceptors (Lipinski definition) is 2. The number of aryl methyl sites for hydroxylation is 2. The molecule has 0 aliphatic rings. The summed E-state index contributed by atoms with van der Waals surface area (Å²) in [6.45, 7) is 6.05. The first kappa shape index (κ1) is 16.3. The standard InChI is InChI=1S/C18H15ClINO2/c1-8-4-11(5-9(2)10(8)3)16-17(22)12-6-14(20)13(19)7-15(12)21-18(16)23/h4-7H,1-3H3,(H2,21,22,23). The quantitative estimate of drug-likeness (QED) is 0.519. The van der Waals surface area contributed by atoms with E-state index in [1.165, 1.54) is 5.56 Å². The van der Waals surface area contributed by atoms with Gasteiger partial charge in [0, 0.05) is 8.96 Å². The lowest BCUT2D eigenvalue weighted by Gasteiger charge is -2.12. The van der Waals surface area contributed by atoms with Gasteiger partial charge in [-0.3, -0.25) is 4.79 Å². The highest BCUT2D eigenvalue weighted by Crippen LogP contribution is 2.35. The van der Waals surface area contributed by atoms with Gasteiger partial charge in [0.05, 0.1) is 16.1 Å². The molecule has 2 aromatic carbocycles. The van der Waals surface area contributed by atoms with Gasteiger partial charge in [-0.15, -0.1) is 0 Å². The van der Waals surface area contributed by atoms with Gasteiger partial charge < -0.3 is 10.1 Å². The van der Waals surface area contributed by atoms with Gasteiger partial charge in [0.15, 0.2) is 0 Å². The minimum absolute atomic E-state index is 0.0130. The number of aromatic hydroxyl groups is 1. The third-order valence-electron chi connectivity index (χ3n) is 4.24. The molecule has 1 heterocycles. The highest BCUT2D eigenvalue weighted by Gasteiger charge is 2.16. The van der Waals surface area contributed by atoms with Crippen LogP contribution in [0.25, 0.3) is 22.0 Å². The Morgan fingerprint density at radius 2 is 1.70 bits per heavy atom. The molecule has 0 radical (unpaired) electrons. The van der Waals surface area contributed by atoms with E-state index in [0.29, 0.717) is 21.5 Å². The zero-order valence-electron chi connectivity index (χ0n) is 12.9. The maximum Gasteiger partial charge on any atom is 0.260 e. The van der Waals surface area contributed by atoms with Crippen molar-refractivity contribution < 1.29 is 5.11 Å². The van der Waals surface area contributed by atoms with E-state index in [1.54, 1.807) is 12.1 Å². The van der Waals surface area contributed by atoms with E-state index in [4.69, 9.17) is 11.6 Å². The van der Waals surface area contributed by atoms with Crippen molar-refractivity contribution in [2.75, 3.05) is 0 Å². The molecule has 0 saturated heterocycles. The summed E-state index contributed by atoms with van der Waals surface area (Å²) in [6, 6.07) is 7.30. The molecule has 0 aliphatic carbocycles. The molecule has 0 spiro atoms. The molecule has 2 N–H and O–H groups in total. The van der Waals surface area contributed by atoms with Gasteiger partial charge >= 0.3 is 0 Å². The Kier molecular flexibility index (Phi) is 4.14. The fraction of sp³-hybridized carbons (Fsp3) is 0.167. The van der Waals surface area contributed by atoms with E-state index in [2.05, 4.69) is 27.6 Å². The Hall–Kier alpha value is -1.53. The maximum atomic E-state index is 12.5. The predicted octanol–water partition coefficient (Wildman–Crippen LogP) is 5.08. The Labute approximate surface area is 152 Å². The van der Waals surface area contributed by atoms with Crippen LogP contribution in [0.3, 0.4) is 0 Å². The van der Waals surface area contributed by atoms with Gasteiger partial charge in [-0.2, -0.15) is 0 Å². The summed E-state index contributed by atoms with van der Waals surface area (Å²) in [5, 5.41) is 11.8. The van der Waals surface area contributed by atoms with Gasteiger partial charge in [-0.05, 0) is 77.7 Å². The number of fused-ring (bicyclic) bond motifs is 1. The number of H-pyrrole nitrogens is 1. The summed E-state index contributed by atoms with van der Waals surface area (Å²) in [6.07, 6.45) is 0. The lowest BCUT2D eigenvalue weighted by molar-refractivity contribution is 0.482. The van der Waals surface area contributed by atoms with Crippen molar-refractivity contribution in [2.45, 2.75) is 20.8 Å². The van der Waals surface area contributed by atoms with Crippen LogP contribution in [0.2, 0.25) is 5.02 Å². The van der Waals surface area contributed by atoms with Crippen molar-refractivity contribution in [3.8, 4) is 16.9 Å². The van der Waals surface area contributed by atoms with Crippen molar-refractivity contribution in [3.63, 3.8) is 0 Å². The van der Waals surface area contributed by atoms with Crippen LogP contribution in [-0.4, -0.2) is 10.1 Å². The topological polar surface area (TPSA) is 53.1 Å². The molecule has 0 aliphatic heterocycles. The smallest absolute Gasteiger partial charge is 0.260 e. The van der Waals surface area contributed by atoms with Crippen molar-refractivity contribution in [1.29, 1.82) is 0 Å². The minimum Gasteiger partial charge on any atom is -0.506 e. The largest absolute Gasteiger partial charge is 0.506 e. The molecule has 3 aromatic rings. The number of benzene rings is 2. The van der Waals surface area contributed by atoms with Crippen LogP contribution >= 0.6 is 34.2 Å². The molecule has 118 valence electrons. The zero-order chi connectivity index (χ0) is 16.9. The highest BCUT2D eigenvalue weighted by molar-refractivity contribution is 14.1. The van der Waals surface area contributed by atoms with Gasteiger partial charge in [0.2, 0.25) is 0 Å². The van der Waals surface area contributed by atoms with Crippen molar-refractivity contribution in [1.82, 2.24) is 4.98 Å². The number of pyridine rings is 1. The van der Waals surface area contributed by atoms with Crippen molar-refractivity contribution in [3.05, 3.63) is 59.9 Å². The SMILES string of the molecule is Cc1cc(-c2c(O)c3cc(I)c(Cl)cc3[nH]c2=O)cc(C)c1C. The molecule has 0 amide bonds. The average molecular weight is 440 g/mol. The van der Waals surface area contributed by atoms with Crippen LogP contribution in [0.1, 0.15) is 16.7 Å². The number of rotatable bonds is 1. The van der Waals surface area contributed by atoms with E-state index >= 15 is 0 Å². The summed E-state index contributed by atoms with van der Waals surface area (Å²) in [5.41, 5.74) is 4.58. The first-order chi connectivity index (χ1) is 10.8. The molecule has 3 rings (SSSR count). The molecule has 3 nitrogen and oxygen atoms in total. The van der Waals surface area contributed by atoms with Crippen LogP contribution < -0.4 is 5.56 Å². The van der Waals surface area contributed by atoms with Gasteiger partial charge in [0.25, 0.3) is 5.56 Å². The van der Waals surface area contributed by atoms with Gasteiger partial charge in [-0.25, -0.2) is 0 Å². The average Bonchev–Trinajstić information content (AvgIpc) is 2.47. The number of nitrogens with one attached hydrogen (secondary N) is 1. The second-order valence-corrected chi connectivity index (χ2v) is 7.29. The molecule has 0 fully saturated rings. The third kappa shape index (κ3) is 2.74. The Bertz CT molecular complexity index is 985. The first-order valence-corrected chi connectivity index (χ1v) is 8.57. The number of hydrogen-bond donors (Lipinski definition) is 2. The van der Waals surface area contributed by atoms with Crippen LogP contribution in [0.5, 0.6) is 5.75 Å². The predicted molar refractivity (Wildman–Crippen MR) is 104 cm³/mol. The van der Waals surface area contributed by atoms with Crippen molar-refractivity contribution in [2.24, 2.45) is 0 Å². The van der Waals surface area contributed by atoms with E-state index in [0.717, 1.165) is 20.3 Å². The summed E-state index contributed by atoms with van der Waals surface area (Å²) in [7, 11) is 0. The molecular formula is C18H15ClINO2. The van der Waals surface area contributed by atoms with Crippen LogP contribution in [0, 0.1) is 24.3 Å². The second kappa shape index (κ2) is 5.83. The zero-order valence-corrected chi connectivity index (χ0v) is 15.8. The molecule has 23 heavy (non-hydrogen) atoms. The summed E-state index contributed by atoms with van der Waals surface area (Å²) < 4.78 is 0.821. The molecular weight excluding hydrogens is 425 g/mol. The first-order valence-electron chi connectivity index (χ1n) is 7.12. The second-order valence-electron chi connectivity index (χ2n) is 5.72. The Morgan fingerprint density at radius 3 is 2.30 bits per heavy atom. The van der Waals surface area contributed by atoms with Gasteiger partial charge in [-0.1, -0.05) is 23.7 Å². The number of aromatic nitrogens is 1. The van der Waals surface area contributed by atoms with Gasteiger partial charge in [0.1, 0.15) is 5.75 Å². The number of halogens is 2. The summed E-state index contributed by atoms with van der Waals surface area (Å²) >= 11 is 8.20. The lowest BCUT2D eigenvalue weighted by atomic mass is 9.96. The van der Waals surface area contributed by atoms with Crippen LogP contribution in [0.15, 0.2) is 29.1 Å². The summed E-state index contributed by atoms with van der Waals surface area (Å²) in [4.78, 5) is 15.3. The molecule has 0 saturated carbocycles. The van der Waals surface area contributed by atoms with E-state index in [1.807, 2.05) is 32.9 Å². The Balaban J connectivity index is 2.39. The maximum absolute atomic E-state index is 12.5. The van der Waals surface area contributed by atoms with E-state index < -0.39 is 0 Å². The van der Waals surface area contributed by atoms with Crippen LogP contribution in [0.4, 0.5) is 0 Å². The molecule has 0 unspecified atom stereocenters. The fourth-order valence-corrected chi connectivity index (χ4v) is 3.35.